The summed E-state index contributed by atoms with van der Waals surface area (Å²) in [5, 5.41) is 14.0. The molecule has 0 atom stereocenters. The third-order valence-electron chi connectivity index (χ3n) is 3.50. The molecule has 21 heavy (non-hydrogen) atoms. The molecule has 0 radical (unpaired) electrons. The van der Waals surface area contributed by atoms with Gasteiger partial charge in [0.2, 0.25) is 0 Å². The number of phenolic OH excluding ortho intramolecular Hbond substituents is 1. The first kappa shape index (κ1) is 13.2. The molecular formula is C17H16N2O2. The van der Waals surface area contributed by atoms with E-state index in [9.17, 15) is 5.11 Å². The summed E-state index contributed by atoms with van der Waals surface area (Å²) >= 11 is 0. The van der Waals surface area contributed by atoms with E-state index in [1.54, 1.807) is 6.07 Å². The molecule has 2 aromatic carbocycles. The Balaban J connectivity index is 1.94. The Morgan fingerprint density at radius 3 is 2.71 bits per heavy atom. The molecular weight excluding hydrogens is 264 g/mol. The molecule has 3 rings (SSSR count). The zero-order valence-corrected chi connectivity index (χ0v) is 11.8. The van der Waals surface area contributed by atoms with E-state index >= 15 is 0 Å². The number of nitrogens with zero attached hydrogens (tertiary/aromatic N) is 1. The second-order valence-corrected chi connectivity index (χ2v) is 4.88. The summed E-state index contributed by atoms with van der Waals surface area (Å²) in [6.07, 6.45) is 0.647. The van der Waals surface area contributed by atoms with Gasteiger partial charge in [0.05, 0.1) is 18.5 Å². The van der Waals surface area contributed by atoms with Gasteiger partial charge in [0, 0.05) is 17.5 Å². The zero-order chi connectivity index (χ0) is 14.8. The highest BCUT2D eigenvalue weighted by molar-refractivity contribution is 6.06. The fraction of sp³-hybridized carbons (Fsp3) is 0.118. The van der Waals surface area contributed by atoms with Crippen molar-refractivity contribution in [3.63, 3.8) is 0 Å². The van der Waals surface area contributed by atoms with E-state index in [1.807, 2.05) is 36.4 Å². The van der Waals surface area contributed by atoms with Gasteiger partial charge < -0.3 is 9.84 Å². The van der Waals surface area contributed by atoms with Crippen LogP contribution in [-0.4, -0.2) is 17.9 Å². The summed E-state index contributed by atoms with van der Waals surface area (Å²) in [7, 11) is 1.54. The largest absolute Gasteiger partial charge is 0.504 e. The standard InChI is InChI=1S/C17H16N2O2/c1-11-13-5-3-4-6-14(13)15(19-18-11)9-12-7-8-16(20)17(10-12)21-2/h3-8,10,18,20H,1,9H2,2H3. The molecule has 0 aliphatic carbocycles. The zero-order valence-electron chi connectivity index (χ0n) is 11.8. The second kappa shape index (κ2) is 5.32. The number of phenols is 1. The van der Waals surface area contributed by atoms with Gasteiger partial charge in [-0.15, -0.1) is 0 Å². The number of hydrogen-bond acceptors (Lipinski definition) is 4. The number of aromatic hydroxyl groups is 1. The highest BCUT2D eigenvalue weighted by Gasteiger charge is 2.17. The van der Waals surface area contributed by atoms with Crippen LogP contribution in [0.3, 0.4) is 0 Å². The minimum Gasteiger partial charge on any atom is -0.504 e. The van der Waals surface area contributed by atoms with Gasteiger partial charge in [-0.2, -0.15) is 5.10 Å². The van der Waals surface area contributed by atoms with E-state index < -0.39 is 0 Å². The van der Waals surface area contributed by atoms with Gasteiger partial charge in [-0.05, 0) is 17.7 Å². The quantitative estimate of drug-likeness (QED) is 0.909. The summed E-state index contributed by atoms with van der Waals surface area (Å²) in [6.45, 7) is 3.96. The van der Waals surface area contributed by atoms with Crippen LogP contribution in [0.1, 0.15) is 16.7 Å². The lowest BCUT2D eigenvalue weighted by Gasteiger charge is -2.19. The number of ether oxygens (including phenoxy) is 1. The summed E-state index contributed by atoms with van der Waals surface area (Å²) in [5.41, 5.74) is 7.86. The minimum atomic E-state index is 0.138. The number of hydrazone groups is 1. The molecule has 2 N–H and O–H groups in total. The maximum Gasteiger partial charge on any atom is 0.160 e. The lowest BCUT2D eigenvalue weighted by Crippen LogP contribution is -2.20. The predicted octanol–water partition coefficient (Wildman–Crippen LogP) is 2.92. The molecule has 1 heterocycles. The van der Waals surface area contributed by atoms with Gasteiger partial charge in [0.15, 0.2) is 11.5 Å². The maximum atomic E-state index is 9.65. The van der Waals surface area contributed by atoms with Gasteiger partial charge in [0.25, 0.3) is 0 Å². The minimum absolute atomic E-state index is 0.138. The summed E-state index contributed by atoms with van der Waals surface area (Å²) in [6, 6.07) is 13.4. The number of rotatable bonds is 3. The van der Waals surface area contributed by atoms with Crippen molar-refractivity contribution in [3.05, 3.63) is 65.7 Å². The van der Waals surface area contributed by atoms with Crippen LogP contribution in [0.15, 0.2) is 54.1 Å². The number of hydrogen-bond donors (Lipinski definition) is 2. The molecule has 0 spiro atoms. The average Bonchev–Trinajstić information content (AvgIpc) is 2.52. The van der Waals surface area contributed by atoms with Crippen molar-refractivity contribution in [2.75, 3.05) is 7.11 Å². The van der Waals surface area contributed by atoms with Crippen molar-refractivity contribution in [2.24, 2.45) is 5.10 Å². The van der Waals surface area contributed by atoms with Gasteiger partial charge in [-0.3, -0.25) is 5.43 Å². The number of nitrogens with one attached hydrogen (secondary N) is 1. The summed E-state index contributed by atoms with van der Waals surface area (Å²) in [4.78, 5) is 0. The van der Waals surface area contributed by atoms with Crippen molar-refractivity contribution in [1.29, 1.82) is 0 Å². The van der Waals surface area contributed by atoms with Crippen LogP contribution in [0.2, 0.25) is 0 Å². The Morgan fingerprint density at radius 2 is 1.95 bits per heavy atom. The third kappa shape index (κ3) is 2.48. The van der Waals surface area contributed by atoms with E-state index in [0.29, 0.717) is 12.2 Å². The average molecular weight is 280 g/mol. The molecule has 0 fully saturated rings. The monoisotopic (exact) mass is 280 g/mol. The molecule has 0 bridgehead atoms. The molecule has 0 unspecified atom stereocenters. The highest BCUT2D eigenvalue weighted by Crippen LogP contribution is 2.28. The maximum absolute atomic E-state index is 9.65. The lowest BCUT2D eigenvalue weighted by molar-refractivity contribution is 0.373. The van der Waals surface area contributed by atoms with Crippen LogP contribution in [0.25, 0.3) is 5.70 Å². The molecule has 4 nitrogen and oxygen atoms in total. The van der Waals surface area contributed by atoms with Crippen LogP contribution >= 0.6 is 0 Å². The van der Waals surface area contributed by atoms with Crippen LogP contribution < -0.4 is 10.2 Å². The topological polar surface area (TPSA) is 53.9 Å². The van der Waals surface area contributed by atoms with E-state index in [1.165, 1.54) is 7.11 Å². The van der Waals surface area contributed by atoms with Gasteiger partial charge >= 0.3 is 0 Å². The van der Waals surface area contributed by atoms with E-state index in [4.69, 9.17) is 4.74 Å². The molecule has 0 saturated carbocycles. The number of fused-ring (bicyclic) bond motifs is 1. The van der Waals surface area contributed by atoms with E-state index in [0.717, 1.165) is 28.1 Å². The van der Waals surface area contributed by atoms with Crippen LogP contribution in [0, 0.1) is 0 Å². The van der Waals surface area contributed by atoms with Gasteiger partial charge in [-0.25, -0.2) is 0 Å². The van der Waals surface area contributed by atoms with Crippen molar-refractivity contribution in [1.82, 2.24) is 5.43 Å². The number of benzene rings is 2. The fourth-order valence-electron chi connectivity index (χ4n) is 2.41. The second-order valence-electron chi connectivity index (χ2n) is 4.88. The first-order valence-corrected chi connectivity index (χ1v) is 6.66. The van der Waals surface area contributed by atoms with E-state index in [2.05, 4.69) is 17.1 Å². The van der Waals surface area contributed by atoms with Crippen LogP contribution in [0.5, 0.6) is 11.5 Å². The Hall–Kier alpha value is -2.75. The first-order valence-electron chi connectivity index (χ1n) is 6.66. The Labute approximate surface area is 123 Å². The van der Waals surface area contributed by atoms with Crippen molar-refractivity contribution >= 4 is 11.4 Å². The molecule has 1 aliphatic heterocycles. The molecule has 1 aliphatic rings. The third-order valence-corrected chi connectivity index (χ3v) is 3.50. The van der Waals surface area contributed by atoms with Crippen LogP contribution in [-0.2, 0) is 6.42 Å². The Morgan fingerprint density at radius 1 is 1.19 bits per heavy atom. The molecule has 0 saturated heterocycles. The van der Waals surface area contributed by atoms with Gasteiger partial charge in [-0.1, -0.05) is 36.9 Å². The van der Waals surface area contributed by atoms with Crippen molar-refractivity contribution in [2.45, 2.75) is 6.42 Å². The molecule has 0 amide bonds. The highest BCUT2D eigenvalue weighted by atomic mass is 16.5. The lowest BCUT2D eigenvalue weighted by atomic mass is 9.95. The predicted molar refractivity (Wildman–Crippen MR) is 83.5 cm³/mol. The molecule has 2 aromatic rings. The molecule has 106 valence electrons. The summed E-state index contributed by atoms with van der Waals surface area (Å²) < 4.78 is 5.14. The van der Waals surface area contributed by atoms with E-state index in [-0.39, 0.29) is 5.75 Å². The first-order chi connectivity index (χ1) is 10.2. The Kier molecular flexibility index (Phi) is 3.36. The molecule has 4 heteroatoms. The molecule has 0 aromatic heterocycles. The fourth-order valence-corrected chi connectivity index (χ4v) is 2.41. The Bertz CT molecular complexity index is 735. The van der Waals surface area contributed by atoms with Crippen molar-refractivity contribution in [3.8, 4) is 11.5 Å². The summed E-state index contributed by atoms with van der Waals surface area (Å²) in [5.74, 6) is 0.605. The SMILES string of the molecule is C=C1NN=C(Cc2ccc(O)c(OC)c2)c2ccccc21. The normalized spacial score (nSPS) is 13.2. The van der Waals surface area contributed by atoms with Crippen molar-refractivity contribution < 1.29 is 9.84 Å². The number of methoxy groups -OCH3 is 1. The smallest absolute Gasteiger partial charge is 0.160 e. The van der Waals surface area contributed by atoms with Crippen LogP contribution in [0.4, 0.5) is 0 Å². The van der Waals surface area contributed by atoms with Gasteiger partial charge in [0.1, 0.15) is 0 Å².